The summed E-state index contributed by atoms with van der Waals surface area (Å²) < 4.78 is 54.6. The van der Waals surface area contributed by atoms with Crippen molar-refractivity contribution in [2.45, 2.75) is 89.9 Å². The number of para-hydroxylation sites is 1. The van der Waals surface area contributed by atoms with Gasteiger partial charge in [-0.3, -0.25) is 24.5 Å². The van der Waals surface area contributed by atoms with Crippen LogP contribution in [0.25, 0.3) is 0 Å². The molecule has 0 amide bonds. The second-order valence-electron chi connectivity index (χ2n) is 16.0. The third-order valence-corrected chi connectivity index (χ3v) is 13.1. The number of hydrogen-bond acceptors (Lipinski definition) is 14. The first-order chi connectivity index (χ1) is 31.8. The molecule has 66 heavy (non-hydrogen) atoms. The van der Waals surface area contributed by atoms with Crippen molar-refractivity contribution in [1.29, 1.82) is 5.26 Å². The van der Waals surface area contributed by atoms with Crippen molar-refractivity contribution in [3.8, 4) is 17.6 Å². The highest BCUT2D eigenvalue weighted by molar-refractivity contribution is 7.44. The van der Waals surface area contributed by atoms with Gasteiger partial charge in [-0.15, -0.1) is 0 Å². The van der Waals surface area contributed by atoms with Crippen LogP contribution in [0.1, 0.15) is 68.2 Å². The number of nitrogens with zero attached hydrogens (tertiary/aromatic N) is 4. The molecule has 350 valence electrons. The fraction of sp³-hybridized carbons (Fsp3) is 0.396. The highest BCUT2D eigenvalue weighted by atomic mass is 31.2. The average Bonchev–Trinajstić information content (AvgIpc) is 3.65. The first-order valence-electron chi connectivity index (χ1n) is 21.5. The molecule has 0 spiro atoms. The van der Waals surface area contributed by atoms with Gasteiger partial charge in [0.15, 0.2) is 6.23 Å². The molecule has 6 rings (SSSR count). The number of aromatic nitrogens is 2. The van der Waals surface area contributed by atoms with E-state index in [4.69, 9.17) is 37.5 Å². The molecule has 1 aliphatic rings. The van der Waals surface area contributed by atoms with Crippen LogP contribution in [-0.4, -0.2) is 83.8 Å². The lowest BCUT2D eigenvalue weighted by Gasteiger charge is -2.39. The number of methoxy groups -OCH3 is 2. The zero-order chi connectivity index (χ0) is 47.4. The molecule has 4 aromatic carbocycles. The SMILES string of the molecule is COc1ccc(C(OC[C@@H]2O[C@H](n3cc(C)c(=O)[nH]c3=O)[C@@H](OCOCc3ccccc3[N+](=O)[O-])[C@H]2OP(OCCC#N)N(C(C)C)C(C)C)(c2ccccc2)c2ccc(OC)cc2)cc1. The molecule has 0 radical (unpaired) electrons. The minimum absolute atomic E-state index is 0.0610. The summed E-state index contributed by atoms with van der Waals surface area (Å²) in [6.07, 6.45) is -2.99. The lowest BCUT2D eigenvalue weighted by Crippen LogP contribution is -2.44. The molecule has 5 aromatic rings. The monoisotopic (exact) mass is 925 g/mol. The number of ether oxygens (including phenoxy) is 6. The van der Waals surface area contributed by atoms with Gasteiger partial charge in [-0.1, -0.05) is 66.7 Å². The van der Waals surface area contributed by atoms with E-state index < -0.39 is 61.6 Å². The van der Waals surface area contributed by atoms with Crippen molar-refractivity contribution in [1.82, 2.24) is 14.2 Å². The van der Waals surface area contributed by atoms with E-state index in [1.54, 1.807) is 39.3 Å². The normalized spacial score (nSPS) is 17.8. The summed E-state index contributed by atoms with van der Waals surface area (Å²) in [7, 11) is 1.23. The standard InChI is InChI=1S/C48H56N5O12P/c1-32(2)52(33(3)4)66(63-27-13-26-49)65-43-42(30-62-48(36-15-9-8-10-16-36,37-18-22-39(58-6)23-19-37)38-20-24-40(59-7)25-21-38)64-46(51-28-34(5)45(54)50-47(51)55)44(43)61-31-60-29-35-14-11-12-17-41(35)53(56)57/h8-12,14-25,28,32-33,42-44,46H,13,27,29-31H2,1-7H3,(H,50,54,55)/t42-,43-,44-,46-,66?/m0/s1. The van der Waals surface area contributed by atoms with Gasteiger partial charge in [0.05, 0.1) is 57.0 Å². The van der Waals surface area contributed by atoms with E-state index in [-0.39, 0.29) is 49.6 Å². The van der Waals surface area contributed by atoms with E-state index in [2.05, 4.69) is 15.7 Å². The van der Waals surface area contributed by atoms with Crippen LogP contribution in [0.15, 0.2) is 119 Å². The molecule has 0 aliphatic carbocycles. The van der Waals surface area contributed by atoms with Crippen molar-refractivity contribution >= 4 is 14.2 Å². The maximum Gasteiger partial charge on any atom is 0.330 e. The number of aromatic amines is 1. The quantitative estimate of drug-likeness (QED) is 0.0166. The lowest BCUT2D eigenvalue weighted by atomic mass is 9.80. The Morgan fingerprint density at radius 2 is 1.47 bits per heavy atom. The first-order valence-corrected chi connectivity index (χ1v) is 22.6. The number of nitrogens with one attached hydrogen (secondary N) is 1. The second-order valence-corrected chi connectivity index (χ2v) is 17.4. The van der Waals surface area contributed by atoms with Crippen LogP contribution in [0.2, 0.25) is 0 Å². The Labute approximate surface area is 384 Å². The van der Waals surface area contributed by atoms with Crippen LogP contribution in [0.5, 0.6) is 11.5 Å². The number of nitriles is 1. The molecule has 18 heteroatoms. The minimum atomic E-state index is -1.96. The Morgan fingerprint density at radius 3 is 2.05 bits per heavy atom. The Morgan fingerprint density at radius 1 is 0.879 bits per heavy atom. The number of H-pyrrole nitrogens is 1. The number of benzene rings is 4. The van der Waals surface area contributed by atoms with Crippen molar-refractivity contribution in [3.05, 3.63) is 168 Å². The van der Waals surface area contributed by atoms with E-state index >= 15 is 0 Å². The molecule has 1 unspecified atom stereocenters. The van der Waals surface area contributed by atoms with Crippen LogP contribution in [0.3, 0.4) is 0 Å². The van der Waals surface area contributed by atoms with Crippen molar-refractivity contribution in [2.24, 2.45) is 0 Å². The van der Waals surface area contributed by atoms with Gasteiger partial charge in [-0.2, -0.15) is 5.26 Å². The number of nitro groups is 1. The van der Waals surface area contributed by atoms with E-state index in [9.17, 15) is 25.0 Å². The van der Waals surface area contributed by atoms with Crippen molar-refractivity contribution in [2.75, 3.05) is 34.2 Å². The second kappa shape index (κ2) is 23.1. The maximum absolute atomic E-state index is 13.7. The van der Waals surface area contributed by atoms with Gasteiger partial charge in [0.2, 0.25) is 0 Å². The van der Waals surface area contributed by atoms with Crippen molar-refractivity contribution in [3.63, 3.8) is 0 Å². The molecule has 1 fully saturated rings. The first kappa shape index (κ1) is 49.6. The van der Waals surface area contributed by atoms with E-state index in [0.717, 1.165) is 16.7 Å². The molecule has 2 heterocycles. The third-order valence-electron chi connectivity index (χ3n) is 11.0. The van der Waals surface area contributed by atoms with Crippen LogP contribution >= 0.6 is 8.53 Å². The van der Waals surface area contributed by atoms with Crippen LogP contribution < -0.4 is 20.7 Å². The molecule has 0 saturated carbocycles. The number of nitro benzene ring substituents is 1. The van der Waals surface area contributed by atoms with Crippen LogP contribution in [0, 0.1) is 28.4 Å². The molecule has 17 nitrogen and oxygen atoms in total. The molecular formula is C48H56N5O12P. The maximum atomic E-state index is 13.7. The predicted molar refractivity (Wildman–Crippen MR) is 246 cm³/mol. The molecular weight excluding hydrogens is 870 g/mol. The highest BCUT2D eigenvalue weighted by Crippen LogP contribution is 2.51. The zero-order valence-electron chi connectivity index (χ0n) is 38.0. The fourth-order valence-electron chi connectivity index (χ4n) is 7.92. The molecule has 1 N–H and O–H groups in total. The molecule has 1 aliphatic heterocycles. The van der Waals surface area contributed by atoms with Gasteiger partial charge in [-0.25, -0.2) is 9.46 Å². The number of rotatable bonds is 23. The predicted octanol–water partition coefficient (Wildman–Crippen LogP) is 7.90. The summed E-state index contributed by atoms with van der Waals surface area (Å²) in [6.45, 7) is 8.88. The van der Waals surface area contributed by atoms with E-state index in [1.807, 2.05) is 107 Å². The minimum Gasteiger partial charge on any atom is -0.497 e. The molecule has 1 saturated heterocycles. The summed E-state index contributed by atoms with van der Waals surface area (Å²) >= 11 is 0. The van der Waals surface area contributed by atoms with E-state index in [1.165, 1.54) is 16.8 Å². The third kappa shape index (κ3) is 11.4. The van der Waals surface area contributed by atoms with Gasteiger partial charge >= 0.3 is 5.69 Å². The largest absolute Gasteiger partial charge is 0.497 e. The Balaban J connectivity index is 1.49. The average molecular weight is 926 g/mol. The summed E-state index contributed by atoms with van der Waals surface area (Å²) in [5, 5.41) is 21.3. The fourth-order valence-corrected chi connectivity index (χ4v) is 9.68. The molecule has 0 bridgehead atoms. The number of hydrogen-bond donors (Lipinski definition) is 1. The smallest absolute Gasteiger partial charge is 0.330 e. The molecule has 5 atom stereocenters. The van der Waals surface area contributed by atoms with Gasteiger partial charge in [0.25, 0.3) is 19.8 Å². The van der Waals surface area contributed by atoms with E-state index in [0.29, 0.717) is 17.1 Å². The summed E-state index contributed by atoms with van der Waals surface area (Å²) in [6, 6.07) is 33.0. The van der Waals surface area contributed by atoms with Gasteiger partial charge in [0.1, 0.15) is 42.2 Å². The summed E-state index contributed by atoms with van der Waals surface area (Å²) in [4.78, 5) is 40.1. The Kier molecular flexibility index (Phi) is 17.4. The Hall–Kier alpha value is -5.80. The van der Waals surface area contributed by atoms with Gasteiger partial charge < -0.3 is 37.5 Å². The molecule has 1 aromatic heterocycles. The topological polar surface area (TPSA) is 199 Å². The summed E-state index contributed by atoms with van der Waals surface area (Å²) in [5.41, 5.74) is 0.0947. The van der Waals surface area contributed by atoms with Gasteiger partial charge in [0, 0.05) is 29.9 Å². The summed E-state index contributed by atoms with van der Waals surface area (Å²) in [5.74, 6) is 1.28. The lowest BCUT2D eigenvalue weighted by molar-refractivity contribution is -0.386. The Bertz CT molecular complexity index is 2460. The van der Waals surface area contributed by atoms with Crippen LogP contribution in [0.4, 0.5) is 5.69 Å². The van der Waals surface area contributed by atoms with Crippen molar-refractivity contribution < 1.29 is 42.4 Å². The van der Waals surface area contributed by atoms with Crippen LogP contribution in [-0.2, 0) is 40.2 Å². The zero-order valence-corrected chi connectivity index (χ0v) is 38.9. The number of aryl methyl sites for hydroxylation is 1. The highest BCUT2D eigenvalue weighted by Gasteiger charge is 2.52. The van der Waals surface area contributed by atoms with Gasteiger partial charge in [-0.05, 0) is 81.6 Å².